The van der Waals surface area contributed by atoms with Gasteiger partial charge in [-0.3, -0.25) is 0 Å². The Kier molecular flexibility index (Phi) is 2.30. The summed E-state index contributed by atoms with van der Waals surface area (Å²) in [5, 5.41) is 23.3. The molecule has 5 rings (SSSR count). The topological polar surface area (TPSA) is 65.3 Å². The van der Waals surface area contributed by atoms with E-state index < -0.39 is 0 Å². The monoisotopic (exact) mass is 300 g/mol. The summed E-state index contributed by atoms with van der Waals surface area (Å²) >= 11 is 0. The van der Waals surface area contributed by atoms with Gasteiger partial charge in [0.1, 0.15) is 0 Å². The van der Waals surface area contributed by atoms with Crippen LogP contribution in [0.5, 0.6) is 11.5 Å². The van der Waals surface area contributed by atoms with E-state index in [1.807, 2.05) is 0 Å². The van der Waals surface area contributed by atoms with Gasteiger partial charge in [-0.05, 0) is 56.8 Å². The first-order valence-electron chi connectivity index (χ1n) is 8.10. The molecule has 1 saturated heterocycles. The number of likely N-dealkylation sites (N-methyl/N-ethyl adjacent to an activating group) is 1. The molecular weight excluding hydrogens is 280 g/mol. The van der Waals surface area contributed by atoms with Crippen LogP contribution in [-0.4, -0.2) is 46.7 Å². The van der Waals surface area contributed by atoms with Gasteiger partial charge in [-0.15, -0.1) is 0 Å². The zero-order valence-corrected chi connectivity index (χ0v) is 12.6. The van der Waals surface area contributed by atoms with Crippen LogP contribution in [0.3, 0.4) is 0 Å². The Morgan fingerprint density at radius 3 is 3.09 bits per heavy atom. The molecule has 2 heterocycles. The number of likely N-dealkylation sites (tertiary alicyclic amines) is 1. The number of rotatable bonds is 0. The van der Waals surface area contributed by atoms with Crippen LogP contribution in [0, 0.1) is 5.92 Å². The van der Waals surface area contributed by atoms with Gasteiger partial charge >= 0.3 is 0 Å². The second-order valence-electron chi connectivity index (χ2n) is 7.22. The van der Waals surface area contributed by atoms with Crippen molar-refractivity contribution in [1.82, 2.24) is 4.90 Å². The molecule has 2 bridgehead atoms. The first-order chi connectivity index (χ1) is 10.7. The summed E-state index contributed by atoms with van der Waals surface area (Å²) in [5.41, 5.74) is 3.12. The minimum Gasteiger partial charge on any atom is -0.504 e. The van der Waals surface area contributed by atoms with Gasteiger partial charge in [0.2, 0.25) is 0 Å². The van der Waals surface area contributed by atoms with E-state index in [0.717, 1.165) is 37.9 Å². The summed E-state index contributed by atoms with van der Waals surface area (Å²) in [4.78, 5) is 2.47. The van der Waals surface area contributed by atoms with E-state index >= 15 is 0 Å². The van der Waals surface area contributed by atoms with E-state index in [-0.39, 0.29) is 17.3 Å². The van der Waals surface area contributed by atoms with Crippen LogP contribution in [-0.2, 0) is 11.8 Å². The summed E-state index contributed by atoms with van der Waals surface area (Å²) in [6.45, 7) is 1.02. The molecule has 1 unspecified atom stereocenters. The lowest BCUT2D eigenvalue weighted by atomic mass is 9.51. The van der Waals surface area contributed by atoms with Crippen molar-refractivity contribution in [2.75, 3.05) is 13.6 Å². The minimum absolute atomic E-state index is 0.112. The lowest BCUT2D eigenvalue weighted by Crippen LogP contribution is -2.65. The Hall–Kier alpha value is -1.75. The van der Waals surface area contributed by atoms with Crippen molar-refractivity contribution in [2.24, 2.45) is 11.1 Å². The second-order valence-corrected chi connectivity index (χ2v) is 7.22. The van der Waals surface area contributed by atoms with Gasteiger partial charge in [0.15, 0.2) is 17.6 Å². The predicted molar refractivity (Wildman–Crippen MR) is 80.9 cm³/mol. The number of piperidine rings is 1. The highest BCUT2D eigenvalue weighted by Crippen LogP contribution is 2.63. The van der Waals surface area contributed by atoms with Crippen LogP contribution in [0.2, 0.25) is 0 Å². The van der Waals surface area contributed by atoms with Crippen molar-refractivity contribution in [3.63, 3.8) is 0 Å². The van der Waals surface area contributed by atoms with E-state index in [0.29, 0.717) is 17.7 Å². The highest BCUT2D eigenvalue weighted by atomic mass is 16.5. The lowest BCUT2D eigenvalue weighted by Gasteiger charge is -2.57. The van der Waals surface area contributed by atoms with Gasteiger partial charge in [-0.1, -0.05) is 11.2 Å². The summed E-state index contributed by atoms with van der Waals surface area (Å²) in [6, 6.07) is 4.31. The number of hydrogen-bond donors (Lipinski definition) is 2. The molecule has 2 N–H and O–H groups in total. The maximum absolute atomic E-state index is 10.3. The predicted octanol–water partition coefficient (Wildman–Crippen LogP) is 1.89. The zero-order chi connectivity index (χ0) is 15.1. The Morgan fingerprint density at radius 1 is 1.41 bits per heavy atom. The van der Waals surface area contributed by atoms with Crippen molar-refractivity contribution in [1.29, 1.82) is 0 Å². The number of ether oxygens (including phenoxy) is 1. The van der Waals surface area contributed by atoms with Gasteiger partial charge in [0.05, 0.1) is 5.71 Å². The Balaban J connectivity index is 1.82. The molecule has 1 aromatic carbocycles. The van der Waals surface area contributed by atoms with Gasteiger partial charge in [0, 0.05) is 17.0 Å². The number of aromatic hydroxyl groups is 1. The van der Waals surface area contributed by atoms with Crippen LogP contribution < -0.4 is 4.74 Å². The molecule has 1 spiro atoms. The molecule has 4 aliphatic rings. The largest absolute Gasteiger partial charge is 0.504 e. The molecule has 2 fully saturated rings. The molecule has 5 nitrogen and oxygen atoms in total. The molecule has 0 amide bonds. The number of oxime groups is 1. The molecule has 2 aliphatic heterocycles. The molecule has 22 heavy (non-hydrogen) atoms. The fraction of sp³-hybridized carbons (Fsp3) is 0.588. The number of phenolic OH excluding ortho intramolecular Hbond substituents is 1. The zero-order valence-electron chi connectivity index (χ0n) is 12.6. The standard InChI is InChI=1S/C17H20N2O3/c1-19-7-6-17-10-3-4-11(18-21)16(17)22-15-13(20)5-2-9(14(15)17)8-12(10)19/h2,5,10,12,16,20-21H,3-4,6-8H2,1H3/b18-11+/t10-,12+,16?,17-/m0/s1. The normalized spacial score (nSPS) is 40.4. The minimum atomic E-state index is -0.213. The summed E-state index contributed by atoms with van der Waals surface area (Å²) in [5.74, 6) is 1.37. The molecule has 0 aromatic heterocycles. The van der Waals surface area contributed by atoms with Crippen molar-refractivity contribution < 1.29 is 15.1 Å². The summed E-state index contributed by atoms with van der Waals surface area (Å²) in [6.07, 6.45) is 3.62. The van der Waals surface area contributed by atoms with Crippen molar-refractivity contribution in [3.8, 4) is 11.5 Å². The quantitative estimate of drug-likeness (QED) is 0.567. The van der Waals surface area contributed by atoms with E-state index in [4.69, 9.17) is 4.74 Å². The van der Waals surface area contributed by atoms with E-state index in [1.54, 1.807) is 6.07 Å². The average molecular weight is 300 g/mol. The highest BCUT2D eigenvalue weighted by Gasteiger charge is 2.65. The number of benzene rings is 1. The molecule has 4 atom stereocenters. The first-order valence-corrected chi connectivity index (χ1v) is 8.10. The molecule has 116 valence electrons. The van der Waals surface area contributed by atoms with Gasteiger partial charge in [-0.2, -0.15) is 0 Å². The van der Waals surface area contributed by atoms with Gasteiger partial charge in [-0.25, -0.2) is 0 Å². The average Bonchev–Trinajstić information content (AvgIpc) is 2.88. The Labute approximate surface area is 129 Å². The molecule has 2 aliphatic carbocycles. The SMILES string of the molecule is CN1CC[C@]23c4c5ccc(O)c4OC2/C(=N/O)CC[C@H]3[C@H]1C5. The highest BCUT2D eigenvalue weighted by molar-refractivity contribution is 5.93. The van der Waals surface area contributed by atoms with Crippen LogP contribution in [0.25, 0.3) is 0 Å². The summed E-state index contributed by atoms with van der Waals surface area (Å²) in [7, 11) is 2.21. The summed E-state index contributed by atoms with van der Waals surface area (Å²) < 4.78 is 6.19. The Bertz CT molecular complexity index is 701. The molecule has 5 heteroatoms. The molecule has 0 radical (unpaired) electrons. The van der Waals surface area contributed by atoms with Gasteiger partial charge < -0.3 is 20.0 Å². The number of phenols is 1. The number of nitrogens with zero attached hydrogens (tertiary/aromatic N) is 2. The van der Waals surface area contributed by atoms with E-state index in [9.17, 15) is 10.3 Å². The Morgan fingerprint density at radius 2 is 2.27 bits per heavy atom. The maximum atomic E-state index is 10.3. The maximum Gasteiger partial charge on any atom is 0.166 e. The molecular formula is C17H20N2O3. The third-order valence-corrected chi connectivity index (χ3v) is 6.53. The smallest absolute Gasteiger partial charge is 0.166 e. The van der Waals surface area contributed by atoms with Crippen LogP contribution >= 0.6 is 0 Å². The van der Waals surface area contributed by atoms with E-state index in [2.05, 4.69) is 23.2 Å². The molecule has 1 aromatic rings. The van der Waals surface area contributed by atoms with Crippen LogP contribution in [0.15, 0.2) is 17.3 Å². The van der Waals surface area contributed by atoms with Crippen LogP contribution in [0.4, 0.5) is 0 Å². The number of hydrogen-bond acceptors (Lipinski definition) is 5. The van der Waals surface area contributed by atoms with Crippen molar-refractivity contribution in [2.45, 2.75) is 43.2 Å². The van der Waals surface area contributed by atoms with Crippen molar-refractivity contribution >= 4 is 5.71 Å². The fourth-order valence-electron chi connectivity index (χ4n) is 5.64. The third-order valence-electron chi connectivity index (χ3n) is 6.53. The van der Waals surface area contributed by atoms with E-state index in [1.165, 1.54) is 11.1 Å². The van der Waals surface area contributed by atoms with Crippen molar-refractivity contribution in [3.05, 3.63) is 23.3 Å². The second kappa shape index (κ2) is 3.96. The lowest BCUT2D eigenvalue weighted by molar-refractivity contribution is -0.00803. The fourth-order valence-corrected chi connectivity index (χ4v) is 5.64. The van der Waals surface area contributed by atoms with Crippen LogP contribution in [0.1, 0.15) is 30.4 Å². The molecule has 1 saturated carbocycles. The first kappa shape index (κ1) is 12.8. The van der Waals surface area contributed by atoms with Gasteiger partial charge in [0.25, 0.3) is 0 Å². The third kappa shape index (κ3) is 1.24.